The molecule has 0 atom stereocenters. The first-order chi connectivity index (χ1) is 9.88. The first kappa shape index (κ1) is 14.6. The SMILES string of the molecule is CCN(CCNCc1cccnc1)Cc1ccccn1. The lowest BCUT2D eigenvalue weighted by Crippen LogP contribution is -2.31. The summed E-state index contributed by atoms with van der Waals surface area (Å²) in [5.74, 6) is 0. The third-order valence-corrected chi connectivity index (χ3v) is 3.22. The molecule has 106 valence electrons. The number of pyridine rings is 2. The van der Waals surface area contributed by atoms with E-state index in [9.17, 15) is 0 Å². The Bertz CT molecular complexity index is 472. The minimum Gasteiger partial charge on any atom is -0.311 e. The van der Waals surface area contributed by atoms with Gasteiger partial charge in [0, 0.05) is 44.8 Å². The highest BCUT2D eigenvalue weighted by Crippen LogP contribution is 2.00. The summed E-state index contributed by atoms with van der Waals surface area (Å²) in [5.41, 5.74) is 2.35. The molecule has 2 rings (SSSR count). The van der Waals surface area contributed by atoms with E-state index in [0.717, 1.165) is 38.4 Å². The Morgan fingerprint density at radius 2 is 2.10 bits per heavy atom. The molecule has 0 aliphatic carbocycles. The Morgan fingerprint density at radius 3 is 2.80 bits per heavy atom. The molecule has 0 aliphatic heterocycles. The van der Waals surface area contributed by atoms with Crippen molar-refractivity contribution in [3.05, 3.63) is 60.2 Å². The fraction of sp³-hybridized carbons (Fsp3) is 0.375. The van der Waals surface area contributed by atoms with Crippen molar-refractivity contribution in [3.63, 3.8) is 0 Å². The average Bonchev–Trinajstić information content (AvgIpc) is 2.52. The highest BCUT2D eigenvalue weighted by atomic mass is 15.1. The maximum absolute atomic E-state index is 4.37. The molecule has 0 aromatic carbocycles. The molecule has 0 aliphatic rings. The lowest BCUT2D eigenvalue weighted by Gasteiger charge is -2.20. The molecule has 0 saturated carbocycles. The predicted octanol–water partition coefficient (Wildman–Crippen LogP) is 2.09. The van der Waals surface area contributed by atoms with Gasteiger partial charge in [-0.05, 0) is 30.3 Å². The van der Waals surface area contributed by atoms with E-state index in [4.69, 9.17) is 0 Å². The van der Waals surface area contributed by atoms with Crippen LogP contribution in [0.3, 0.4) is 0 Å². The molecule has 0 spiro atoms. The van der Waals surface area contributed by atoms with E-state index in [2.05, 4.69) is 39.2 Å². The van der Waals surface area contributed by atoms with Gasteiger partial charge in [-0.2, -0.15) is 0 Å². The minimum atomic E-state index is 0.870. The minimum absolute atomic E-state index is 0.870. The smallest absolute Gasteiger partial charge is 0.0543 e. The zero-order valence-electron chi connectivity index (χ0n) is 12.0. The van der Waals surface area contributed by atoms with E-state index >= 15 is 0 Å². The van der Waals surface area contributed by atoms with E-state index in [1.165, 1.54) is 5.56 Å². The maximum Gasteiger partial charge on any atom is 0.0543 e. The molecule has 0 fully saturated rings. The summed E-state index contributed by atoms with van der Waals surface area (Å²) in [7, 11) is 0. The molecule has 0 radical (unpaired) electrons. The van der Waals surface area contributed by atoms with Crippen LogP contribution in [0.1, 0.15) is 18.2 Å². The third kappa shape index (κ3) is 5.07. The van der Waals surface area contributed by atoms with Gasteiger partial charge in [-0.25, -0.2) is 0 Å². The topological polar surface area (TPSA) is 41.0 Å². The number of hydrogen-bond donors (Lipinski definition) is 1. The van der Waals surface area contributed by atoms with Crippen molar-refractivity contribution in [2.75, 3.05) is 19.6 Å². The normalized spacial score (nSPS) is 10.9. The van der Waals surface area contributed by atoms with Crippen molar-refractivity contribution in [2.45, 2.75) is 20.0 Å². The van der Waals surface area contributed by atoms with Gasteiger partial charge in [0.15, 0.2) is 0 Å². The van der Waals surface area contributed by atoms with Crippen LogP contribution >= 0.6 is 0 Å². The Morgan fingerprint density at radius 1 is 1.15 bits per heavy atom. The van der Waals surface area contributed by atoms with Crippen molar-refractivity contribution in [1.29, 1.82) is 0 Å². The molecule has 4 heteroatoms. The van der Waals surface area contributed by atoms with Crippen molar-refractivity contribution < 1.29 is 0 Å². The second-order valence-electron chi connectivity index (χ2n) is 4.73. The number of nitrogens with one attached hydrogen (secondary N) is 1. The summed E-state index contributed by atoms with van der Waals surface area (Å²) in [6, 6.07) is 10.1. The van der Waals surface area contributed by atoms with Gasteiger partial charge < -0.3 is 5.32 Å². The van der Waals surface area contributed by atoms with Crippen LogP contribution in [0.5, 0.6) is 0 Å². The van der Waals surface area contributed by atoms with Crippen LogP contribution in [0, 0.1) is 0 Å². The highest BCUT2D eigenvalue weighted by Gasteiger charge is 2.03. The van der Waals surface area contributed by atoms with Crippen molar-refractivity contribution in [1.82, 2.24) is 20.2 Å². The summed E-state index contributed by atoms with van der Waals surface area (Å²) in [6.45, 7) is 6.99. The summed E-state index contributed by atoms with van der Waals surface area (Å²) < 4.78 is 0. The van der Waals surface area contributed by atoms with Crippen LogP contribution in [0.25, 0.3) is 0 Å². The highest BCUT2D eigenvalue weighted by molar-refractivity contribution is 5.07. The first-order valence-corrected chi connectivity index (χ1v) is 7.10. The maximum atomic E-state index is 4.37. The Balaban J connectivity index is 1.69. The largest absolute Gasteiger partial charge is 0.311 e. The van der Waals surface area contributed by atoms with Crippen molar-refractivity contribution >= 4 is 0 Å². The summed E-state index contributed by atoms with van der Waals surface area (Å²) in [4.78, 5) is 10.9. The van der Waals surface area contributed by atoms with Crippen LogP contribution in [0.2, 0.25) is 0 Å². The number of rotatable bonds is 8. The average molecular weight is 270 g/mol. The standard InChI is InChI=1S/C16H22N4/c1-2-20(14-16-7-3-4-9-19-16)11-10-18-13-15-6-5-8-17-12-15/h3-9,12,18H,2,10-11,13-14H2,1H3. The van der Waals surface area contributed by atoms with E-state index < -0.39 is 0 Å². The zero-order chi connectivity index (χ0) is 14.0. The molecule has 20 heavy (non-hydrogen) atoms. The Labute approximate surface area is 120 Å². The number of hydrogen-bond acceptors (Lipinski definition) is 4. The molecule has 1 N–H and O–H groups in total. The van der Waals surface area contributed by atoms with Gasteiger partial charge >= 0.3 is 0 Å². The van der Waals surface area contributed by atoms with Gasteiger partial charge in [-0.3, -0.25) is 14.9 Å². The quantitative estimate of drug-likeness (QED) is 0.746. The van der Waals surface area contributed by atoms with Gasteiger partial charge in [0.25, 0.3) is 0 Å². The lowest BCUT2D eigenvalue weighted by molar-refractivity contribution is 0.276. The lowest BCUT2D eigenvalue weighted by atomic mass is 10.3. The fourth-order valence-corrected chi connectivity index (χ4v) is 2.04. The van der Waals surface area contributed by atoms with Gasteiger partial charge in [0.2, 0.25) is 0 Å². The van der Waals surface area contributed by atoms with E-state index in [-0.39, 0.29) is 0 Å². The van der Waals surface area contributed by atoms with Crippen molar-refractivity contribution in [2.24, 2.45) is 0 Å². The van der Waals surface area contributed by atoms with Crippen LogP contribution < -0.4 is 5.32 Å². The zero-order valence-corrected chi connectivity index (χ0v) is 12.0. The molecule has 2 heterocycles. The molecule has 0 amide bonds. The van der Waals surface area contributed by atoms with Crippen LogP contribution in [-0.4, -0.2) is 34.5 Å². The molecule has 0 unspecified atom stereocenters. The van der Waals surface area contributed by atoms with Gasteiger partial charge in [-0.15, -0.1) is 0 Å². The number of aromatic nitrogens is 2. The van der Waals surface area contributed by atoms with Crippen LogP contribution in [0.4, 0.5) is 0 Å². The summed E-state index contributed by atoms with van der Waals surface area (Å²) in [5, 5.41) is 3.45. The number of likely N-dealkylation sites (N-methyl/N-ethyl adjacent to an activating group) is 1. The second kappa shape index (κ2) is 8.40. The second-order valence-corrected chi connectivity index (χ2v) is 4.73. The van der Waals surface area contributed by atoms with Gasteiger partial charge in [0.05, 0.1) is 5.69 Å². The van der Waals surface area contributed by atoms with E-state index in [1.807, 2.05) is 30.6 Å². The van der Waals surface area contributed by atoms with E-state index in [1.54, 1.807) is 6.20 Å². The van der Waals surface area contributed by atoms with Crippen molar-refractivity contribution in [3.8, 4) is 0 Å². The molecule has 2 aromatic heterocycles. The fourth-order valence-electron chi connectivity index (χ4n) is 2.04. The first-order valence-electron chi connectivity index (χ1n) is 7.10. The monoisotopic (exact) mass is 270 g/mol. The molecule has 0 bridgehead atoms. The molecule has 4 nitrogen and oxygen atoms in total. The Kier molecular flexibility index (Phi) is 6.14. The summed E-state index contributed by atoms with van der Waals surface area (Å²) >= 11 is 0. The van der Waals surface area contributed by atoms with Crippen LogP contribution in [0.15, 0.2) is 48.9 Å². The number of nitrogens with zero attached hydrogens (tertiary/aromatic N) is 3. The molecular formula is C16H22N4. The van der Waals surface area contributed by atoms with Crippen LogP contribution in [-0.2, 0) is 13.1 Å². The van der Waals surface area contributed by atoms with Gasteiger partial charge in [-0.1, -0.05) is 19.1 Å². The molecular weight excluding hydrogens is 248 g/mol. The van der Waals surface area contributed by atoms with E-state index in [0.29, 0.717) is 0 Å². The molecule has 2 aromatic rings. The third-order valence-electron chi connectivity index (χ3n) is 3.22. The Hall–Kier alpha value is -1.78. The molecule has 0 saturated heterocycles. The predicted molar refractivity (Wildman–Crippen MR) is 81.1 cm³/mol. The summed E-state index contributed by atoms with van der Waals surface area (Å²) in [6.07, 6.45) is 5.55. The van der Waals surface area contributed by atoms with Gasteiger partial charge in [0.1, 0.15) is 0 Å².